The van der Waals surface area contributed by atoms with Gasteiger partial charge in [0.05, 0.1) is 17.1 Å². The summed E-state index contributed by atoms with van der Waals surface area (Å²) in [5.74, 6) is 0. The van der Waals surface area contributed by atoms with Crippen LogP contribution < -0.4 is 25.5 Å². The Kier molecular flexibility index (Phi) is 9.76. The van der Waals surface area contributed by atoms with Gasteiger partial charge in [0.25, 0.3) is 6.71 Å². The number of fused-ring (bicyclic) bond motifs is 7. The fourth-order valence-electron chi connectivity index (χ4n) is 10.8. The van der Waals surface area contributed by atoms with Crippen LogP contribution in [-0.4, -0.2) is 6.71 Å². The van der Waals surface area contributed by atoms with Crippen LogP contribution in [0.25, 0.3) is 42.4 Å². The summed E-state index contributed by atoms with van der Waals surface area (Å²) in [4.78, 5) is 5.32. The minimum absolute atomic E-state index is 0.000777. The first-order valence-corrected chi connectivity index (χ1v) is 25.3. The zero-order valence-corrected chi connectivity index (χ0v) is 42.2. The van der Waals surface area contributed by atoms with Crippen molar-refractivity contribution >= 4 is 99.4 Å². The van der Waals surface area contributed by atoms with E-state index in [1.165, 1.54) is 126 Å². The van der Waals surface area contributed by atoms with Crippen LogP contribution in [-0.2, 0) is 16.2 Å². The fraction of sp³-hybridized carbons (Fsp3) is 0.246. The highest BCUT2D eigenvalue weighted by Crippen LogP contribution is 2.52. The minimum atomic E-state index is -0.0228. The molecule has 7 aromatic carbocycles. The second-order valence-electron chi connectivity index (χ2n) is 22.0. The third-order valence-electron chi connectivity index (χ3n) is 14.3. The van der Waals surface area contributed by atoms with Gasteiger partial charge in [0.1, 0.15) is 0 Å². The molecule has 0 spiro atoms. The quantitative estimate of drug-likeness (QED) is 0.162. The van der Waals surface area contributed by atoms with Crippen molar-refractivity contribution in [2.45, 2.75) is 99.3 Å². The highest BCUT2D eigenvalue weighted by atomic mass is 32.1. The maximum absolute atomic E-state index is 2.68. The molecule has 2 nitrogen and oxygen atoms in total. The zero-order chi connectivity index (χ0) is 46.2. The van der Waals surface area contributed by atoms with Crippen molar-refractivity contribution in [3.05, 3.63) is 172 Å². The third kappa shape index (κ3) is 6.71. The Balaban J connectivity index is 1.27. The lowest BCUT2D eigenvalue weighted by atomic mass is 9.36. The Bertz CT molecular complexity index is 3400. The molecule has 4 heterocycles. The lowest BCUT2D eigenvalue weighted by Crippen LogP contribution is -2.60. The first-order chi connectivity index (χ1) is 31.4. The monoisotopic (exact) mass is 894 g/mol. The van der Waals surface area contributed by atoms with Gasteiger partial charge >= 0.3 is 0 Å². The third-order valence-corrected chi connectivity index (χ3v) is 16.5. The molecule has 11 rings (SSSR count). The van der Waals surface area contributed by atoms with E-state index in [1.807, 2.05) is 22.7 Å². The highest BCUT2D eigenvalue weighted by Gasteiger charge is 2.46. The summed E-state index contributed by atoms with van der Waals surface area (Å²) < 4.78 is 4.06. The first kappa shape index (κ1) is 42.7. The Hall–Kier alpha value is -5.88. The highest BCUT2D eigenvalue weighted by molar-refractivity contribution is 7.33. The van der Waals surface area contributed by atoms with E-state index in [1.54, 1.807) is 0 Å². The summed E-state index contributed by atoms with van der Waals surface area (Å²) >= 11 is 3.83. The summed E-state index contributed by atoms with van der Waals surface area (Å²) in [5.41, 5.74) is 23.3. The van der Waals surface area contributed by atoms with Crippen LogP contribution >= 0.6 is 22.7 Å². The summed E-state index contributed by atoms with van der Waals surface area (Å²) in [7, 11) is 0. The SMILES string of the molecule is Cc1cc(C(C)(C)C)cc(C)c1N1c2cccc3c2B(c2cc(-c4csc5ccccc45)ccc2N3c2c(C)cc(C(C)(C)C)cc2-c2ccccc2)c2sc3ccc(C(C)(C)C)cc3c21. The van der Waals surface area contributed by atoms with Gasteiger partial charge in [0.2, 0.25) is 0 Å². The van der Waals surface area contributed by atoms with Gasteiger partial charge < -0.3 is 9.80 Å². The average Bonchev–Trinajstić information content (AvgIpc) is 3.88. The molecule has 0 amide bonds. The second kappa shape index (κ2) is 15.1. The fourth-order valence-corrected chi connectivity index (χ4v) is 13.1. The molecule has 0 saturated heterocycles. The van der Waals surface area contributed by atoms with Crippen molar-refractivity contribution in [2.24, 2.45) is 0 Å². The van der Waals surface area contributed by atoms with E-state index in [-0.39, 0.29) is 23.0 Å². The molecular formula is C61H59BN2S2. The van der Waals surface area contributed by atoms with Crippen molar-refractivity contribution in [1.29, 1.82) is 0 Å². The Morgan fingerprint density at radius 2 is 1.06 bits per heavy atom. The van der Waals surface area contributed by atoms with Crippen LogP contribution in [0.15, 0.2) is 139 Å². The van der Waals surface area contributed by atoms with Gasteiger partial charge in [-0.1, -0.05) is 153 Å². The summed E-state index contributed by atoms with van der Waals surface area (Å²) in [6.07, 6.45) is 0. The van der Waals surface area contributed by atoms with Crippen molar-refractivity contribution in [1.82, 2.24) is 0 Å². The predicted octanol–water partition coefficient (Wildman–Crippen LogP) is 16.4. The van der Waals surface area contributed by atoms with Crippen LogP contribution in [0.5, 0.6) is 0 Å². The smallest absolute Gasteiger partial charge is 0.264 e. The van der Waals surface area contributed by atoms with Gasteiger partial charge in [-0.25, -0.2) is 0 Å². The summed E-state index contributed by atoms with van der Waals surface area (Å²) in [5, 5.41) is 5.01. The van der Waals surface area contributed by atoms with Gasteiger partial charge in [0.15, 0.2) is 0 Å². The first-order valence-electron chi connectivity index (χ1n) is 23.6. The summed E-state index contributed by atoms with van der Waals surface area (Å²) in [6, 6.07) is 51.6. The molecule has 0 unspecified atom stereocenters. The molecule has 2 aliphatic rings. The molecule has 0 fully saturated rings. The van der Waals surface area contributed by atoms with Gasteiger partial charge in [-0.15, -0.1) is 22.7 Å². The van der Waals surface area contributed by atoms with E-state index in [2.05, 4.69) is 232 Å². The van der Waals surface area contributed by atoms with Crippen LogP contribution in [0.2, 0.25) is 0 Å². The molecule has 0 N–H and O–H groups in total. The van der Waals surface area contributed by atoms with Crippen molar-refractivity contribution < 1.29 is 0 Å². The van der Waals surface area contributed by atoms with Crippen molar-refractivity contribution in [3.8, 4) is 22.3 Å². The number of thiophene rings is 2. The summed E-state index contributed by atoms with van der Waals surface area (Å²) in [6.45, 7) is 28.0. The maximum Gasteiger partial charge on any atom is 0.264 e. The number of aryl methyl sites for hydroxylation is 3. The van der Waals surface area contributed by atoms with E-state index in [0.717, 1.165) is 0 Å². The molecule has 2 aliphatic heterocycles. The molecule has 0 saturated carbocycles. The van der Waals surface area contributed by atoms with Gasteiger partial charge in [-0.3, -0.25) is 0 Å². The number of hydrogen-bond donors (Lipinski definition) is 0. The Morgan fingerprint density at radius 1 is 0.439 bits per heavy atom. The molecule has 66 heavy (non-hydrogen) atoms. The molecule has 0 atom stereocenters. The molecule has 0 aliphatic carbocycles. The lowest BCUT2D eigenvalue weighted by Gasteiger charge is -2.44. The molecule has 5 heteroatoms. The molecule has 328 valence electrons. The predicted molar refractivity (Wildman–Crippen MR) is 292 cm³/mol. The topological polar surface area (TPSA) is 6.48 Å². The molecule has 2 aromatic heterocycles. The number of rotatable bonds is 4. The maximum atomic E-state index is 2.68. The average molecular weight is 895 g/mol. The van der Waals surface area contributed by atoms with E-state index >= 15 is 0 Å². The molecular weight excluding hydrogens is 836 g/mol. The zero-order valence-electron chi connectivity index (χ0n) is 40.6. The number of anilines is 6. The van der Waals surface area contributed by atoms with Gasteiger partial charge in [0, 0.05) is 53.1 Å². The van der Waals surface area contributed by atoms with Gasteiger partial charge in [-0.2, -0.15) is 0 Å². The van der Waals surface area contributed by atoms with Gasteiger partial charge in [-0.05, 0) is 140 Å². The minimum Gasteiger partial charge on any atom is -0.311 e. The normalized spacial score (nSPS) is 13.7. The second-order valence-corrected chi connectivity index (χ2v) is 24.0. The molecule has 9 aromatic rings. The largest absolute Gasteiger partial charge is 0.311 e. The lowest BCUT2D eigenvalue weighted by molar-refractivity contribution is 0.589. The number of hydrogen-bond acceptors (Lipinski definition) is 4. The standard InChI is InChI=1S/C61H59BN2S2/c1-36-29-42(60(7,8)9)30-37(2)55(36)64-51-23-18-22-50-54(51)62(58-57(64)46-33-41(59(4,5)6)26-28-53(46)66-58)48-32-40(47-35-65-52-24-17-16-21-44(47)52)25-27-49(48)63(50)56-38(3)31-43(61(10,11)12)34-45(56)39-19-14-13-15-20-39/h13-35H,1-12H3. The molecule has 0 bridgehead atoms. The van der Waals surface area contributed by atoms with E-state index in [4.69, 9.17) is 0 Å². The van der Waals surface area contributed by atoms with Crippen LogP contribution in [0, 0.1) is 20.8 Å². The van der Waals surface area contributed by atoms with Crippen molar-refractivity contribution in [2.75, 3.05) is 9.80 Å². The van der Waals surface area contributed by atoms with E-state index < -0.39 is 0 Å². The Labute approximate surface area is 400 Å². The van der Waals surface area contributed by atoms with Crippen molar-refractivity contribution in [3.63, 3.8) is 0 Å². The van der Waals surface area contributed by atoms with E-state index in [0.29, 0.717) is 0 Å². The van der Waals surface area contributed by atoms with Crippen LogP contribution in [0.3, 0.4) is 0 Å². The molecule has 0 radical (unpaired) electrons. The number of benzene rings is 7. The number of nitrogens with zero attached hydrogens (tertiary/aromatic N) is 2. The Morgan fingerprint density at radius 3 is 1.74 bits per heavy atom. The van der Waals surface area contributed by atoms with Crippen LogP contribution in [0.1, 0.15) is 95.7 Å². The van der Waals surface area contributed by atoms with E-state index in [9.17, 15) is 0 Å². The van der Waals surface area contributed by atoms with Crippen LogP contribution in [0.4, 0.5) is 34.1 Å².